The molecule has 1 aliphatic carbocycles. The first-order valence-corrected chi connectivity index (χ1v) is 40.5. The van der Waals surface area contributed by atoms with Gasteiger partial charge in [0.05, 0.1) is 62.4 Å². The minimum atomic E-state index is -0.125. The van der Waals surface area contributed by atoms with Gasteiger partial charge in [0.25, 0.3) is 0 Å². The Balaban J connectivity index is 0.000000387. The van der Waals surface area contributed by atoms with E-state index < -0.39 is 0 Å². The first-order chi connectivity index (χ1) is 59.8. The third-order valence-corrected chi connectivity index (χ3v) is 18.2. The van der Waals surface area contributed by atoms with Crippen LogP contribution in [0.15, 0.2) is 357 Å². The molecule has 5 radical (unpaired) electrons. The van der Waals surface area contributed by atoms with E-state index in [0.717, 1.165) is 114 Å². The van der Waals surface area contributed by atoms with Gasteiger partial charge in [0.1, 0.15) is 0 Å². The monoisotopic (exact) mass is 2620 g/mol. The molecule has 16 aromatic rings. The maximum atomic E-state index is 10.0. The van der Waals surface area contributed by atoms with Gasteiger partial charge in [0.2, 0.25) is 0 Å². The zero-order chi connectivity index (χ0) is 88.8. The van der Waals surface area contributed by atoms with Gasteiger partial charge in [0, 0.05) is 149 Å². The number of para-hydroxylation sites is 3. The van der Waals surface area contributed by atoms with Gasteiger partial charge in [-0.3, -0.25) is 44.1 Å². The van der Waals surface area contributed by atoms with Crippen molar-refractivity contribution in [1.29, 1.82) is 0 Å². The van der Waals surface area contributed by atoms with Crippen molar-refractivity contribution in [3.63, 3.8) is 0 Å². The number of hydrogen-bond donors (Lipinski definition) is 4. The Labute approximate surface area is 831 Å². The second kappa shape index (κ2) is 58.7. The molecule has 0 saturated carbocycles. The molecule has 5 aromatic heterocycles. The number of allylic oxidation sites excluding steroid dienone is 8. The molecular formula is C110H104Ir5N7O8-5. The molecule has 0 aliphatic heterocycles. The molecule has 0 bridgehead atoms. The number of aryl methyl sites for hydroxylation is 2. The van der Waals surface area contributed by atoms with Crippen LogP contribution in [0, 0.1) is 30.3 Å². The summed E-state index contributed by atoms with van der Waals surface area (Å²) in [7, 11) is 0. The summed E-state index contributed by atoms with van der Waals surface area (Å²) in [6.07, 6.45) is 12.9. The molecule has 0 atom stereocenters. The molecule has 0 fully saturated rings. The number of aliphatic hydroxyl groups excluding tert-OH is 4. The van der Waals surface area contributed by atoms with Crippen molar-refractivity contribution < 1.29 is 140 Å². The smallest absolute Gasteiger partial charge is 0.155 e. The number of pyridine rings is 3. The van der Waals surface area contributed by atoms with E-state index in [1.165, 1.54) is 131 Å². The van der Waals surface area contributed by atoms with Crippen molar-refractivity contribution in [2.75, 3.05) is 0 Å². The molecule has 0 amide bonds. The van der Waals surface area contributed by atoms with Crippen LogP contribution < -0.4 is 0 Å². The van der Waals surface area contributed by atoms with E-state index in [0.29, 0.717) is 0 Å². The molecule has 5 heterocycles. The van der Waals surface area contributed by atoms with E-state index in [1.54, 1.807) is 0 Å². The second-order valence-corrected chi connectivity index (χ2v) is 29.7. The third kappa shape index (κ3) is 37.0. The van der Waals surface area contributed by atoms with Crippen molar-refractivity contribution in [2.24, 2.45) is 0 Å². The first kappa shape index (κ1) is 112. The fraction of sp³-hybridized carbons (Fsp3) is 0.155. The minimum Gasteiger partial charge on any atom is -0.512 e. The summed E-state index contributed by atoms with van der Waals surface area (Å²) in [5.74, 6) is -0.250. The topological polar surface area (TPSA) is 239 Å². The molecule has 20 heteroatoms. The average Bonchev–Trinajstić information content (AvgIpc) is 0.787. The van der Waals surface area contributed by atoms with Crippen molar-refractivity contribution in [3.05, 3.63) is 404 Å². The van der Waals surface area contributed by atoms with Gasteiger partial charge in [-0.1, -0.05) is 180 Å². The van der Waals surface area contributed by atoms with Crippen molar-refractivity contribution in [1.82, 2.24) is 34.9 Å². The van der Waals surface area contributed by atoms with Crippen LogP contribution in [-0.4, -0.2) is 78.4 Å². The molecule has 677 valence electrons. The summed E-state index contributed by atoms with van der Waals surface area (Å²) in [5.41, 5.74) is 20.6. The van der Waals surface area contributed by atoms with Crippen molar-refractivity contribution in [3.8, 4) is 78.8 Å². The molecule has 0 saturated heterocycles. The van der Waals surface area contributed by atoms with Crippen LogP contribution in [0.3, 0.4) is 0 Å². The molecule has 130 heavy (non-hydrogen) atoms. The van der Waals surface area contributed by atoms with Gasteiger partial charge in [0.15, 0.2) is 23.1 Å². The molecule has 4 N–H and O–H groups in total. The number of aromatic nitrogens is 7. The van der Waals surface area contributed by atoms with E-state index in [9.17, 15) is 19.2 Å². The number of carbonyl (C=O) groups is 4. The Morgan fingerprint density at radius 3 is 0.992 bits per heavy atom. The quantitative estimate of drug-likeness (QED) is 0.0535. The Bertz CT molecular complexity index is 6040. The fourth-order valence-corrected chi connectivity index (χ4v) is 12.7. The molecular weight excluding hydrogens is 2510 g/mol. The van der Waals surface area contributed by atoms with Crippen LogP contribution in [-0.2, 0) is 138 Å². The summed E-state index contributed by atoms with van der Waals surface area (Å²) in [4.78, 5) is 73.3. The van der Waals surface area contributed by atoms with Crippen LogP contribution in [0.5, 0.6) is 0 Å². The standard InChI is InChI=1S/C20H17N2.C20H13N2.C19H18N.2C15H10N.4C5H8O2.CH4.5Ir/c2*1-3-9-15(10-4-1)19-20(16-11-5-2-6-12-16)22-18-14-8-7-13-17(18)21-19;1-19(2,3)16-10-8-15(9-11-16)18-17-7-5-4-6-14(17)12-13-20-18;1-2-7-13(8-3-1)15-14-9-5-4-6-12(14)10-11-16-15;1-2-6-12(7-3-1)15-11-10-13-8-4-5-9-14(13)16-15;4*1-4(6)3-5(2)7;;;;;;/h1-6,9-11H,7-8,13-14H2;1-11,13-14H;4-8,10-13H,1-3H3;1-7,9-11H;1-6,8-11H;4*3,6H,1-2H3;1H4;;;;;/q5*-1;;;;;;;;;;. The van der Waals surface area contributed by atoms with Crippen LogP contribution in [0.25, 0.3) is 122 Å². The largest absolute Gasteiger partial charge is 0.512 e. The normalized spacial score (nSPS) is 11.0. The van der Waals surface area contributed by atoms with E-state index in [2.05, 4.69) is 175 Å². The number of benzene rings is 11. The van der Waals surface area contributed by atoms with Crippen LogP contribution in [0.2, 0.25) is 0 Å². The summed E-state index contributed by atoms with van der Waals surface area (Å²) < 4.78 is 0. The number of hydrogen-bond acceptors (Lipinski definition) is 15. The number of rotatable bonds is 11. The van der Waals surface area contributed by atoms with Gasteiger partial charge in [-0.15, -0.1) is 179 Å². The average molecular weight is 2610 g/mol. The number of nitrogens with zero attached hydrogens (tertiary/aromatic N) is 7. The predicted molar refractivity (Wildman–Crippen MR) is 509 cm³/mol. The Hall–Kier alpha value is -11.8. The van der Waals surface area contributed by atoms with E-state index >= 15 is 0 Å². The summed E-state index contributed by atoms with van der Waals surface area (Å²) in [6, 6.07) is 116. The van der Waals surface area contributed by atoms with Gasteiger partial charge < -0.3 is 30.4 Å². The number of aliphatic hydroxyl groups is 4. The molecule has 11 aromatic carbocycles. The molecule has 17 rings (SSSR count). The second-order valence-electron chi connectivity index (χ2n) is 29.7. The van der Waals surface area contributed by atoms with Gasteiger partial charge in [-0.05, 0) is 172 Å². The predicted octanol–water partition coefficient (Wildman–Crippen LogP) is 26.4. The number of carbonyl (C=O) groups excluding carboxylic acids is 4. The van der Waals surface area contributed by atoms with Crippen LogP contribution in [0.4, 0.5) is 0 Å². The summed E-state index contributed by atoms with van der Waals surface area (Å²) in [6.45, 7) is 18.0. The number of ketones is 4. The maximum Gasteiger partial charge on any atom is 0.155 e. The van der Waals surface area contributed by atoms with Crippen LogP contribution >= 0.6 is 0 Å². The summed E-state index contributed by atoms with van der Waals surface area (Å²) >= 11 is 0. The van der Waals surface area contributed by atoms with Gasteiger partial charge in [-0.25, -0.2) is 0 Å². The minimum absolute atomic E-state index is 0. The number of fused-ring (bicyclic) bond motifs is 5. The first-order valence-electron chi connectivity index (χ1n) is 40.5. The van der Waals surface area contributed by atoms with E-state index in [4.69, 9.17) is 40.4 Å². The molecule has 0 spiro atoms. The molecule has 1 aliphatic rings. The maximum absolute atomic E-state index is 10.0. The van der Waals surface area contributed by atoms with Gasteiger partial charge >= 0.3 is 0 Å². The van der Waals surface area contributed by atoms with E-state index in [1.807, 2.05) is 200 Å². The van der Waals surface area contributed by atoms with Crippen molar-refractivity contribution >= 4 is 66.6 Å². The Morgan fingerprint density at radius 2 is 0.631 bits per heavy atom. The third-order valence-electron chi connectivity index (χ3n) is 18.2. The zero-order valence-electron chi connectivity index (χ0n) is 73.3. The van der Waals surface area contributed by atoms with E-state index in [-0.39, 0.29) is 160 Å². The molecule has 0 unspecified atom stereocenters. The van der Waals surface area contributed by atoms with Crippen molar-refractivity contribution in [2.45, 2.75) is 115 Å². The molecule has 15 nitrogen and oxygen atoms in total. The fourth-order valence-electron chi connectivity index (χ4n) is 12.7. The zero-order valence-corrected chi connectivity index (χ0v) is 85.3. The SMILES string of the molecule is C.CC(=O)C=C(C)O.CC(=O)C=C(C)O.CC(=O)C=C(C)O.CC(=O)C=C(C)O.CC(C)(C)c1c[c-]c(-c2nccc3ccccc23)cc1.[Ir].[Ir].[Ir].[Ir].[Ir].[c-]1ccccc1-c1ccc2ccccc2n1.[c-]1ccccc1-c1nc2c(nc1-c1ccccc1)CCCC2.[c-]1ccccc1-c1nc2ccccc2nc1-c1ccccc1.[c-]1ccccc1-c1nccc2ccccc12. The summed E-state index contributed by atoms with van der Waals surface area (Å²) in [5, 5.41) is 39.4. The Kier molecular flexibility index (Phi) is 50.7. The Morgan fingerprint density at radius 1 is 0.308 bits per heavy atom. The van der Waals surface area contributed by atoms with Gasteiger partial charge in [-0.2, -0.15) is 0 Å². The van der Waals surface area contributed by atoms with Crippen LogP contribution in [0.1, 0.15) is 113 Å².